The molecule has 0 fully saturated rings. The maximum atomic E-state index is 12.8. The number of hydrogen-bond donors (Lipinski definition) is 1. The van der Waals surface area contributed by atoms with Crippen LogP contribution in [0.4, 0.5) is 10.1 Å². The molecule has 5 nitrogen and oxygen atoms in total. The molecule has 3 rings (SSSR count). The first-order valence-electron chi connectivity index (χ1n) is 7.74. The van der Waals surface area contributed by atoms with Crippen LogP contribution >= 0.6 is 0 Å². The van der Waals surface area contributed by atoms with Gasteiger partial charge in [0.1, 0.15) is 17.3 Å². The quantitative estimate of drug-likeness (QED) is 0.759. The Hall–Kier alpha value is -3.15. The number of aryl methyl sites for hydroxylation is 2. The number of benzene rings is 2. The summed E-state index contributed by atoms with van der Waals surface area (Å²) in [6, 6.07) is 12.9. The summed E-state index contributed by atoms with van der Waals surface area (Å²) in [5, 5.41) is 6.69. The highest BCUT2D eigenvalue weighted by Gasteiger charge is 2.11. The van der Waals surface area contributed by atoms with Crippen molar-refractivity contribution in [1.82, 2.24) is 5.16 Å². The van der Waals surface area contributed by atoms with Gasteiger partial charge in [-0.2, -0.15) is 0 Å². The van der Waals surface area contributed by atoms with E-state index >= 15 is 0 Å². The van der Waals surface area contributed by atoms with Gasteiger partial charge in [-0.3, -0.25) is 4.79 Å². The van der Waals surface area contributed by atoms with Crippen LogP contribution in [0.3, 0.4) is 0 Å². The Morgan fingerprint density at radius 2 is 1.80 bits per heavy atom. The summed E-state index contributed by atoms with van der Waals surface area (Å²) >= 11 is 0. The summed E-state index contributed by atoms with van der Waals surface area (Å²) in [6.07, 6.45) is 0. The lowest BCUT2D eigenvalue weighted by atomic mass is 10.0. The van der Waals surface area contributed by atoms with Crippen molar-refractivity contribution in [3.8, 4) is 16.9 Å². The predicted molar refractivity (Wildman–Crippen MR) is 91.9 cm³/mol. The topological polar surface area (TPSA) is 64.4 Å². The van der Waals surface area contributed by atoms with Crippen molar-refractivity contribution >= 4 is 11.6 Å². The van der Waals surface area contributed by atoms with Gasteiger partial charge in [-0.25, -0.2) is 4.39 Å². The maximum Gasteiger partial charge on any atom is 0.262 e. The minimum Gasteiger partial charge on any atom is -0.484 e. The summed E-state index contributed by atoms with van der Waals surface area (Å²) in [6.45, 7) is 3.59. The second-order valence-electron chi connectivity index (χ2n) is 5.57. The third-order valence-corrected chi connectivity index (χ3v) is 3.67. The van der Waals surface area contributed by atoms with Gasteiger partial charge in [-0.15, -0.1) is 0 Å². The second-order valence-corrected chi connectivity index (χ2v) is 5.57. The molecule has 6 heteroatoms. The second kappa shape index (κ2) is 7.17. The summed E-state index contributed by atoms with van der Waals surface area (Å²) < 4.78 is 23.3. The molecule has 128 valence electrons. The van der Waals surface area contributed by atoms with Gasteiger partial charge in [-0.05, 0) is 55.8 Å². The van der Waals surface area contributed by atoms with E-state index in [1.807, 2.05) is 26.0 Å². The molecule has 0 radical (unpaired) electrons. The Morgan fingerprint density at radius 3 is 2.40 bits per heavy atom. The maximum absolute atomic E-state index is 12.8. The van der Waals surface area contributed by atoms with Gasteiger partial charge < -0.3 is 14.6 Å². The van der Waals surface area contributed by atoms with Crippen molar-refractivity contribution in [1.29, 1.82) is 0 Å². The molecule has 0 bridgehead atoms. The molecule has 3 aromatic rings. The van der Waals surface area contributed by atoms with Crippen LogP contribution in [0.2, 0.25) is 0 Å². The summed E-state index contributed by atoms with van der Waals surface area (Å²) in [4.78, 5) is 11.9. The summed E-state index contributed by atoms with van der Waals surface area (Å²) in [7, 11) is 0. The Kier molecular flexibility index (Phi) is 4.79. The molecule has 0 spiro atoms. The molecule has 0 saturated heterocycles. The van der Waals surface area contributed by atoms with Crippen molar-refractivity contribution in [2.45, 2.75) is 13.8 Å². The zero-order valence-corrected chi connectivity index (χ0v) is 13.9. The number of aromatic nitrogens is 1. The minimum atomic E-state index is -0.352. The molecule has 0 unspecified atom stereocenters. The van der Waals surface area contributed by atoms with Gasteiger partial charge in [-0.1, -0.05) is 17.3 Å². The predicted octanol–water partition coefficient (Wildman–Crippen LogP) is 4.12. The van der Waals surface area contributed by atoms with E-state index in [-0.39, 0.29) is 18.3 Å². The largest absolute Gasteiger partial charge is 0.484 e. The molecule has 25 heavy (non-hydrogen) atoms. The first kappa shape index (κ1) is 16.7. The highest BCUT2D eigenvalue weighted by Crippen LogP contribution is 2.27. The van der Waals surface area contributed by atoms with Crippen molar-refractivity contribution in [2.24, 2.45) is 0 Å². The standard InChI is InChI=1S/C19H17FN2O3/c1-12-19(13(2)25-22-12)14-3-7-16(8-4-14)21-18(23)11-24-17-9-5-15(20)6-10-17/h3-10H,11H2,1-2H3,(H,21,23). The molecular weight excluding hydrogens is 323 g/mol. The van der Waals surface area contributed by atoms with E-state index in [0.717, 1.165) is 22.6 Å². The highest BCUT2D eigenvalue weighted by molar-refractivity contribution is 5.92. The van der Waals surface area contributed by atoms with Gasteiger partial charge in [0.25, 0.3) is 5.91 Å². The fourth-order valence-corrected chi connectivity index (χ4v) is 2.49. The number of carbonyl (C=O) groups is 1. The molecule has 2 aromatic carbocycles. The lowest BCUT2D eigenvalue weighted by molar-refractivity contribution is -0.118. The molecule has 0 aliphatic heterocycles. The SMILES string of the molecule is Cc1noc(C)c1-c1ccc(NC(=O)COc2ccc(F)cc2)cc1. The number of carbonyl (C=O) groups excluding carboxylic acids is 1. The van der Waals surface area contributed by atoms with Crippen LogP contribution in [0, 0.1) is 19.7 Å². The Balaban J connectivity index is 1.59. The van der Waals surface area contributed by atoms with Crippen LogP contribution in [-0.2, 0) is 4.79 Å². The van der Waals surface area contributed by atoms with Crippen LogP contribution in [0.5, 0.6) is 5.75 Å². The van der Waals surface area contributed by atoms with Gasteiger partial charge in [0.2, 0.25) is 0 Å². The molecule has 0 aliphatic rings. The first-order chi connectivity index (χ1) is 12.0. The van der Waals surface area contributed by atoms with E-state index in [0.29, 0.717) is 11.4 Å². The number of halogens is 1. The lowest BCUT2D eigenvalue weighted by Gasteiger charge is -2.08. The zero-order valence-electron chi connectivity index (χ0n) is 13.9. The van der Waals surface area contributed by atoms with Crippen LogP contribution in [0.25, 0.3) is 11.1 Å². The van der Waals surface area contributed by atoms with E-state index in [1.165, 1.54) is 24.3 Å². The van der Waals surface area contributed by atoms with Crippen molar-refractivity contribution in [3.05, 3.63) is 65.8 Å². The van der Waals surface area contributed by atoms with Gasteiger partial charge >= 0.3 is 0 Å². The van der Waals surface area contributed by atoms with Crippen LogP contribution in [0.1, 0.15) is 11.5 Å². The van der Waals surface area contributed by atoms with E-state index in [1.54, 1.807) is 12.1 Å². The third kappa shape index (κ3) is 4.03. The highest BCUT2D eigenvalue weighted by atomic mass is 19.1. The zero-order chi connectivity index (χ0) is 17.8. The molecule has 1 aromatic heterocycles. The van der Waals surface area contributed by atoms with E-state index < -0.39 is 0 Å². The average Bonchev–Trinajstić information content (AvgIpc) is 2.94. The van der Waals surface area contributed by atoms with Gasteiger partial charge in [0.05, 0.1) is 5.69 Å². The van der Waals surface area contributed by atoms with Gasteiger partial charge in [0, 0.05) is 11.3 Å². The molecule has 0 aliphatic carbocycles. The van der Waals surface area contributed by atoms with E-state index in [4.69, 9.17) is 9.26 Å². The van der Waals surface area contributed by atoms with E-state index in [2.05, 4.69) is 10.5 Å². The Morgan fingerprint density at radius 1 is 1.12 bits per heavy atom. The van der Waals surface area contributed by atoms with Gasteiger partial charge in [0.15, 0.2) is 6.61 Å². The number of ether oxygens (including phenoxy) is 1. The molecule has 1 amide bonds. The summed E-state index contributed by atoms with van der Waals surface area (Å²) in [5.41, 5.74) is 3.40. The number of rotatable bonds is 5. The lowest BCUT2D eigenvalue weighted by Crippen LogP contribution is -2.20. The smallest absolute Gasteiger partial charge is 0.262 e. The number of hydrogen-bond acceptors (Lipinski definition) is 4. The molecule has 0 atom stereocenters. The third-order valence-electron chi connectivity index (χ3n) is 3.67. The Bertz CT molecular complexity index is 851. The molecule has 1 heterocycles. The molecule has 1 N–H and O–H groups in total. The number of nitrogens with zero attached hydrogens (tertiary/aromatic N) is 1. The normalized spacial score (nSPS) is 10.5. The van der Waals surface area contributed by atoms with E-state index in [9.17, 15) is 9.18 Å². The van der Waals surface area contributed by atoms with Crippen molar-refractivity contribution < 1.29 is 18.4 Å². The monoisotopic (exact) mass is 340 g/mol. The fraction of sp³-hybridized carbons (Fsp3) is 0.158. The number of amides is 1. The molecular formula is C19H17FN2O3. The Labute approximate surface area is 144 Å². The molecule has 0 saturated carbocycles. The number of nitrogens with one attached hydrogen (secondary N) is 1. The fourth-order valence-electron chi connectivity index (χ4n) is 2.49. The number of anilines is 1. The average molecular weight is 340 g/mol. The van der Waals surface area contributed by atoms with Crippen molar-refractivity contribution in [3.63, 3.8) is 0 Å². The minimum absolute atomic E-state index is 0.156. The van der Waals surface area contributed by atoms with Crippen molar-refractivity contribution in [2.75, 3.05) is 11.9 Å². The van der Waals surface area contributed by atoms with Crippen LogP contribution < -0.4 is 10.1 Å². The van der Waals surface area contributed by atoms with Crippen LogP contribution in [-0.4, -0.2) is 17.7 Å². The first-order valence-corrected chi connectivity index (χ1v) is 7.74. The van der Waals surface area contributed by atoms with Crippen LogP contribution in [0.15, 0.2) is 53.1 Å². The summed E-state index contributed by atoms with van der Waals surface area (Å²) in [5.74, 6) is 0.539.